The van der Waals surface area contributed by atoms with E-state index in [1.54, 1.807) is 4.90 Å². The van der Waals surface area contributed by atoms with E-state index in [0.717, 1.165) is 6.42 Å². The van der Waals surface area contributed by atoms with Crippen LogP contribution in [0, 0.1) is 5.82 Å². The van der Waals surface area contributed by atoms with Crippen molar-refractivity contribution in [1.29, 1.82) is 0 Å². The van der Waals surface area contributed by atoms with Gasteiger partial charge in [-0.05, 0) is 24.3 Å². The molecule has 0 saturated carbocycles. The van der Waals surface area contributed by atoms with E-state index in [0.29, 0.717) is 18.7 Å². The van der Waals surface area contributed by atoms with Gasteiger partial charge in [0.2, 0.25) is 5.89 Å². The van der Waals surface area contributed by atoms with E-state index in [1.165, 1.54) is 24.3 Å². The zero-order valence-corrected chi connectivity index (χ0v) is 11.5. The van der Waals surface area contributed by atoms with Gasteiger partial charge in [0.05, 0.1) is 12.2 Å². The summed E-state index contributed by atoms with van der Waals surface area (Å²) in [6, 6.07) is 5.40. The summed E-state index contributed by atoms with van der Waals surface area (Å²) >= 11 is 0. The van der Waals surface area contributed by atoms with Crippen LogP contribution in [0.1, 0.15) is 6.42 Å². The molecule has 2 atom stereocenters. The topological polar surface area (TPSA) is 80.5 Å². The average molecular weight is 304 g/mol. The van der Waals surface area contributed by atoms with E-state index in [4.69, 9.17) is 9.15 Å². The number of nitrogens with one attached hydrogen (secondary N) is 1. The molecule has 0 aliphatic carbocycles. The molecule has 4 heterocycles. The standard InChI is InChI=1S/C14H13FN4O3/c15-9-3-1-8(2-4-9)12-17-18-13(22-12)16-14(20)19-6-10-5-11(7-19)21-10/h1-4,10-11H,5-7H2,(H,16,18,20). The average Bonchev–Trinajstić information content (AvgIpc) is 2.96. The van der Waals surface area contributed by atoms with Crippen molar-refractivity contribution in [2.45, 2.75) is 18.6 Å². The van der Waals surface area contributed by atoms with Crippen LogP contribution in [-0.4, -0.2) is 46.4 Å². The molecule has 0 radical (unpaired) electrons. The molecule has 1 aromatic carbocycles. The first-order chi connectivity index (χ1) is 10.7. The first-order valence-electron chi connectivity index (χ1n) is 6.98. The predicted molar refractivity (Wildman–Crippen MR) is 73.6 cm³/mol. The summed E-state index contributed by atoms with van der Waals surface area (Å²) < 4.78 is 23.7. The maximum absolute atomic E-state index is 12.9. The number of urea groups is 1. The normalized spacial score (nSPS) is 23.0. The number of piperidine rings is 1. The molecule has 2 unspecified atom stereocenters. The molecule has 2 bridgehead atoms. The van der Waals surface area contributed by atoms with Gasteiger partial charge < -0.3 is 14.1 Å². The first kappa shape index (κ1) is 13.2. The van der Waals surface area contributed by atoms with Gasteiger partial charge in [-0.2, -0.15) is 0 Å². The number of nitrogens with zero attached hydrogens (tertiary/aromatic N) is 3. The number of benzene rings is 1. The fourth-order valence-corrected chi connectivity index (χ4v) is 2.67. The van der Waals surface area contributed by atoms with E-state index in [9.17, 15) is 9.18 Å². The monoisotopic (exact) mass is 304 g/mol. The summed E-state index contributed by atoms with van der Waals surface area (Å²) in [7, 11) is 0. The quantitative estimate of drug-likeness (QED) is 0.916. The number of halogens is 1. The molecule has 3 aliphatic heterocycles. The van der Waals surface area contributed by atoms with Gasteiger partial charge in [0.1, 0.15) is 5.82 Å². The van der Waals surface area contributed by atoms with Gasteiger partial charge in [-0.15, -0.1) is 5.10 Å². The molecular formula is C14H13FN4O3. The van der Waals surface area contributed by atoms with Gasteiger partial charge in [0.15, 0.2) is 0 Å². The first-order valence-corrected chi connectivity index (χ1v) is 6.98. The van der Waals surface area contributed by atoms with Gasteiger partial charge >= 0.3 is 12.0 Å². The summed E-state index contributed by atoms with van der Waals surface area (Å²) in [6.45, 7) is 1.14. The molecule has 3 fully saturated rings. The lowest BCUT2D eigenvalue weighted by molar-refractivity contribution is -0.169. The van der Waals surface area contributed by atoms with Crippen LogP contribution in [0.3, 0.4) is 0 Å². The Balaban J connectivity index is 1.43. The smallest absolute Gasteiger partial charge is 0.325 e. The Bertz CT molecular complexity index is 686. The van der Waals surface area contributed by atoms with E-state index >= 15 is 0 Å². The summed E-state index contributed by atoms with van der Waals surface area (Å²) in [5.74, 6) is -0.122. The zero-order valence-electron chi connectivity index (χ0n) is 11.5. The Kier molecular flexibility index (Phi) is 3.04. The predicted octanol–water partition coefficient (Wildman–Crippen LogP) is 1.88. The minimum Gasteiger partial charge on any atom is -0.403 e. The Morgan fingerprint density at radius 2 is 1.91 bits per heavy atom. The van der Waals surface area contributed by atoms with Gasteiger partial charge in [-0.25, -0.2) is 9.18 Å². The summed E-state index contributed by atoms with van der Waals surface area (Å²) in [6.07, 6.45) is 1.29. The highest BCUT2D eigenvalue weighted by Crippen LogP contribution is 2.28. The number of carbonyl (C=O) groups is 1. The lowest BCUT2D eigenvalue weighted by Crippen LogP contribution is -2.59. The molecular weight excluding hydrogens is 291 g/mol. The van der Waals surface area contributed by atoms with Crippen LogP contribution >= 0.6 is 0 Å². The number of anilines is 1. The highest BCUT2D eigenvalue weighted by atomic mass is 19.1. The fourth-order valence-electron chi connectivity index (χ4n) is 2.67. The van der Waals surface area contributed by atoms with Crippen molar-refractivity contribution >= 4 is 12.0 Å². The van der Waals surface area contributed by atoms with Crippen LogP contribution in [-0.2, 0) is 4.74 Å². The Labute approximate surface area is 125 Å². The van der Waals surface area contributed by atoms with Gasteiger partial charge in [0, 0.05) is 25.1 Å². The molecule has 8 heteroatoms. The SMILES string of the molecule is O=C(Nc1nnc(-c2ccc(F)cc2)o1)N1CC2CC(C1)O2. The van der Waals surface area contributed by atoms with Crippen LogP contribution in [0.5, 0.6) is 0 Å². The van der Waals surface area contributed by atoms with E-state index in [2.05, 4.69) is 15.5 Å². The van der Waals surface area contributed by atoms with E-state index in [-0.39, 0.29) is 36.0 Å². The lowest BCUT2D eigenvalue weighted by Gasteiger charge is -2.46. The second-order valence-electron chi connectivity index (χ2n) is 5.37. The molecule has 3 saturated heterocycles. The van der Waals surface area contributed by atoms with Crippen LogP contribution in [0.25, 0.3) is 11.5 Å². The summed E-state index contributed by atoms with van der Waals surface area (Å²) in [5.41, 5.74) is 0.585. The maximum Gasteiger partial charge on any atom is 0.325 e. The third-order valence-electron chi connectivity index (χ3n) is 3.78. The van der Waals surface area contributed by atoms with Crippen LogP contribution in [0.15, 0.2) is 28.7 Å². The molecule has 22 heavy (non-hydrogen) atoms. The maximum atomic E-state index is 12.9. The molecule has 1 N–H and O–H groups in total. The number of amides is 2. The van der Waals surface area contributed by atoms with Crippen molar-refractivity contribution in [3.8, 4) is 11.5 Å². The molecule has 0 spiro atoms. The van der Waals surface area contributed by atoms with Gasteiger partial charge in [-0.1, -0.05) is 5.10 Å². The van der Waals surface area contributed by atoms with Crippen molar-refractivity contribution < 1.29 is 18.3 Å². The largest absolute Gasteiger partial charge is 0.403 e. The second-order valence-corrected chi connectivity index (χ2v) is 5.37. The molecule has 5 rings (SSSR count). The Hall–Kier alpha value is -2.48. The Morgan fingerprint density at radius 1 is 1.23 bits per heavy atom. The van der Waals surface area contributed by atoms with Crippen molar-refractivity contribution in [3.63, 3.8) is 0 Å². The van der Waals surface area contributed by atoms with Gasteiger partial charge in [-0.3, -0.25) is 5.32 Å². The summed E-state index contributed by atoms with van der Waals surface area (Å²) in [5, 5.41) is 10.2. The molecule has 7 nitrogen and oxygen atoms in total. The Morgan fingerprint density at radius 3 is 2.59 bits per heavy atom. The number of hydrogen-bond acceptors (Lipinski definition) is 5. The zero-order chi connectivity index (χ0) is 15.1. The number of rotatable bonds is 2. The third-order valence-corrected chi connectivity index (χ3v) is 3.78. The van der Waals surface area contributed by atoms with Crippen molar-refractivity contribution in [2.75, 3.05) is 18.4 Å². The van der Waals surface area contributed by atoms with Crippen LogP contribution in [0.2, 0.25) is 0 Å². The summed E-state index contributed by atoms with van der Waals surface area (Å²) in [4.78, 5) is 13.8. The molecule has 2 aromatic rings. The van der Waals surface area contributed by atoms with Crippen molar-refractivity contribution in [3.05, 3.63) is 30.1 Å². The third kappa shape index (κ3) is 2.41. The fraction of sp³-hybridized carbons (Fsp3) is 0.357. The minimum atomic E-state index is -0.345. The van der Waals surface area contributed by atoms with Crippen LogP contribution in [0.4, 0.5) is 15.2 Å². The minimum absolute atomic E-state index is 0.0180. The molecule has 2 amide bonds. The highest BCUT2D eigenvalue weighted by molar-refractivity contribution is 5.87. The number of carbonyl (C=O) groups excluding carboxylic acids is 1. The van der Waals surface area contributed by atoms with Gasteiger partial charge in [0.25, 0.3) is 0 Å². The van der Waals surface area contributed by atoms with Crippen molar-refractivity contribution in [2.24, 2.45) is 0 Å². The molecule has 1 aromatic heterocycles. The second kappa shape index (κ2) is 5.06. The lowest BCUT2D eigenvalue weighted by atomic mass is 9.99. The number of ether oxygens (including phenoxy) is 1. The van der Waals surface area contributed by atoms with Crippen LogP contribution < -0.4 is 5.32 Å². The van der Waals surface area contributed by atoms with Crippen molar-refractivity contribution in [1.82, 2.24) is 15.1 Å². The highest BCUT2D eigenvalue weighted by Gasteiger charge is 2.40. The number of fused-ring (bicyclic) bond motifs is 2. The molecule has 114 valence electrons. The van der Waals surface area contributed by atoms with E-state index < -0.39 is 0 Å². The van der Waals surface area contributed by atoms with E-state index in [1.807, 2.05) is 0 Å². The number of aromatic nitrogens is 2. The molecule has 3 aliphatic rings. The number of hydrogen-bond donors (Lipinski definition) is 1. The number of morpholine rings is 1.